The van der Waals surface area contributed by atoms with Gasteiger partial charge in [0.1, 0.15) is 11.4 Å². The minimum absolute atomic E-state index is 0.0731. The standard InChI is InChI=1S/C22H31O7PS/c1-3-28-30(23,29-4-2)22(20-13-9-6-10-14-20)17-27-21(18-31(24,25)26)16-15-19-11-7-5-8-12-19/h5-14,21-22H,3-4,15-18H2,1-2H3,(H,24,25,26). The van der Waals surface area contributed by atoms with Gasteiger partial charge in [-0.05, 0) is 37.8 Å². The van der Waals surface area contributed by atoms with Gasteiger partial charge in [0.2, 0.25) is 0 Å². The number of benzene rings is 2. The monoisotopic (exact) mass is 470 g/mol. The Morgan fingerprint density at radius 1 is 0.935 bits per heavy atom. The van der Waals surface area contributed by atoms with Crippen molar-refractivity contribution in [3.63, 3.8) is 0 Å². The highest BCUT2D eigenvalue weighted by molar-refractivity contribution is 7.85. The number of rotatable bonds is 14. The molecule has 172 valence electrons. The third-order valence-corrected chi connectivity index (χ3v) is 7.91. The van der Waals surface area contributed by atoms with E-state index in [1.54, 1.807) is 26.0 Å². The molecule has 0 aliphatic rings. The fourth-order valence-electron chi connectivity index (χ4n) is 3.27. The molecule has 7 nitrogen and oxygen atoms in total. The molecule has 0 radical (unpaired) electrons. The molecule has 0 aliphatic carbocycles. The Bertz CT molecular complexity index is 909. The van der Waals surface area contributed by atoms with E-state index in [9.17, 15) is 17.5 Å². The fraction of sp³-hybridized carbons (Fsp3) is 0.455. The molecule has 0 aliphatic heterocycles. The maximum Gasteiger partial charge on any atom is 0.340 e. The fourth-order valence-corrected chi connectivity index (χ4v) is 5.96. The summed E-state index contributed by atoms with van der Waals surface area (Å²) in [6, 6.07) is 18.7. The Hall–Kier alpha value is -1.54. The third-order valence-electron chi connectivity index (χ3n) is 4.67. The van der Waals surface area contributed by atoms with Gasteiger partial charge < -0.3 is 13.8 Å². The van der Waals surface area contributed by atoms with Gasteiger partial charge in [0.25, 0.3) is 10.1 Å². The average Bonchev–Trinajstić information content (AvgIpc) is 2.73. The Morgan fingerprint density at radius 3 is 2.00 bits per heavy atom. The first-order valence-corrected chi connectivity index (χ1v) is 13.5. The van der Waals surface area contributed by atoms with Gasteiger partial charge in [-0.25, -0.2) is 0 Å². The van der Waals surface area contributed by atoms with E-state index in [1.807, 2.05) is 48.5 Å². The van der Waals surface area contributed by atoms with Crippen LogP contribution in [-0.4, -0.2) is 44.6 Å². The SMILES string of the molecule is CCOP(=O)(OCC)C(COC(CCc1ccccc1)CS(=O)(=O)O)c1ccccc1. The molecular weight excluding hydrogens is 439 g/mol. The molecule has 0 spiro atoms. The van der Waals surface area contributed by atoms with Crippen LogP contribution in [-0.2, 0) is 34.9 Å². The predicted molar refractivity (Wildman–Crippen MR) is 121 cm³/mol. The number of aryl methyl sites for hydroxylation is 1. The maximum absolute atomic E-state index is 13.5. The van der Waals surface area contributed by atoms with Crippen molar-refractivity contribution in [3.05, 3.63) is 71.8 Å². The van der Waals surface area contributed by atoms with Crippen molar-refractivity contribution in [1.82, 2.24) is 0 Å². The molecular formula is C22H31O7PS. The molecule has 2 aromatic carbocycles. The van der Waals surface area contributed by atoms with Crippen LogP contribution in [0, 0.1) is 0 Å². The first-order valence-electron chi connectivity index (χ1n) is 10.3. The number of hydrogen-bond acceptors (Lipinski definition) is 6. The summed E-state index contributed by atoms with van der Waals surface area (Å²) in [5.41, 5.74) is 1.01. The first kappa shape index (κ1) is 25.7. The van der Waals surface area contributed by atoms with Crippen molar-refractivity contribution in [3.8, 4) is 0 Å². The molecule has 0 aromatic heterocycles. The Kier molecular flexibility index (Phi) is 10.4. The largest absolute Gasteiger partial charge is 0.376 e. The molecule has 1 N–H and O–H groups in total. The lowest BCUT2D eigenvalue weighted by Crippen LogP contribution is -2.27. The van der Waals surface area contributed by atoms with Crippen molar-refractivity contribution >= 4 is 17.7 Å². The lowest BCUT2D eigenvalue weighted by Gasteiger charge is -2.28. The van der Waals surface area contributed by atoms with Crippen LogP contribution < -0.4 is 0 Å². The summed E-state index contributed by atoms with van der Waals surface area (Å²) in [5, 5.41) is 0. The van der Waals surface area contributed by atoms with Crippen LogP contribution in [0.1, 0.15) is 37.1 Å². The molecule has 2 atom stereocenters. The van der Waals surface area contributed by atoms with Crippen molar-refractivity contribution in [1.29, 1.82) is 0 Å². The predicted octanol–water partition coefficient (Wildman–Crippen LogP) is 4.90. The summed E-state index contributed by atoms with van der Waals surface area (Å²) in [7, 11) is -7.83. The zero-order valence-corrected chi connectivity index (χ0v) is 19.6. The summed E-state index contributed by atoms with van der Waals surface area (Å²) in [5.74, 6) is -0.547. The maximum atomic E-state index is 13.5. The quantitative estimate of drug-likeness (QED) is 0.310. The van der Waals surface area contributed by atoms with Crippen LogP contribution in [0.3, 0.4) is 0 Å². The highest BCUT2D eigenvalue weighted by atomic mass is 32.2. The molecule has 31 heavy (non-hydrogen) atoms. The zero-order valence-electron chi connectivity index (χ0n) is 17.9. The van der Waals surface area contributed by atoms with Gasteiger partial charge in [-0.15, -0.1) is 0 Å². The summed E-state index contributed by atoms with van der Waals surface area (Å²) in [4.78, 5) is 0. The van der Waals surface area contributed by atoms with Crippen LogP contribution >= 0.6 is 7.60 Å². The summed E-state index contributed by atoms with van der Waals surface area (Å²) in [6.45, 7) is 3.79. The Balaban J connectivity index is 2.21. The second-order valence-corrected chi connectivity index (χ2v) is 10.7. The Morgan fingerprint density at radius 2 is 1.48 bits per heavy atom. The van der Waals surface area contributed by atoms with E-state index < -0.39 is 35.2 Å². The van der Waals surface area contributed by atoms with Crippen LogP contribution in [0.5, 0.6) is 0 Å². The molecule has 0 fully saturated rings. The molecule has 2 unspecified atom stereocenters. The summed E-state index contributed by atoms with van der Waals surface area (Å²) in [6.07, 6.45) is 0.169. The lowest BCUT2D eigenvalue weighted by molar-refractivity contribution is 0.0555. The number of ether oxygens (including phenoxy) is 1. The van der Waals surface area contributed by atoms with E-state index in [-0.39, 0.29) is 19.8 Å². The molecule has 0 bridgehead atoms. The smallest absolute Gasteiger partial charge is 0.340 e. The molecule has 2 rings (SSSR count). The van der Waals surface area contributed by atoms with E-state index >= 15 is 0 Å². The van der Waals surface area contributed by atoms with Gasteiger partial charge in [0, 0.05) is 0 Å². The summed E-state index contributed by atoms with van der Waals surface area (Å²) < 4.78 is 63.0. The minimum Gasteiger partial charge on any atom is -0.376 e. The lowest BCUT2D eigenvalue weighted by atomic mass is 10.1. The van der Waals surface area contributed by atoms with Gasteiger partial charge in [-0.2, -0.15) is 8.42 Å². The zero-order chi connectivity index (χ0) is 22.7. The van der Waals surface area contributed by atoms with Crippen molar-refractivity contribution in [2.45, 2.75) is 38.5 Å². The average molecular weight is 471 g/mol. The number of hydrogen-bond donors (Lipinski definition) is 1. The van der Waals surface area contributed by atoms with Crippen LogP contribution in [0.2, 0.25) is 0 Å². The van der Waals surface area contributed by atoms with Gasteiger partial charge in [0.15, 0.2) is 0 Å². The molecule has 2 aromatic rings. The highest BCUT2D eigenvalue weighted by Gasteiger charge is 2.37. The first-order chi connectivity index (χ1) is 14.8. The highest BCUT2D eigenvalue weighted by Crippen LogP contribution is 2.61. The molecule has 0 amide bonds. The molecule has 9 heteroatoms. The van der Waals surface area contributed by atoms with Crippen molar-refractivity contribution in [2.24, 2.45) is 0 Å². The third kappa shape index (κ3) is 8.85. The van der Waals surface area contributed by atoms with Crippen LogP contribution in [0.15, 0.2) is 60.7 Å². The van der Waals surface area contributed by atoms with Gasteiger partial charge in [-0.3, -0.25) is 9.12 Å². The second-order valence-electron chi connectivity index (χ2n) is 7.03. The van der Waals surface area contributed by atoms with Gasteiger partial charge >= 0.3 is 7.60 Å². The molecule has 0 heterocycles. The van der Waals surface area contributed by atoms with Gasteiger partial charge in [-0.1, -0.05) is 60.7 Å². The van der Waals surface area contributed by atoms with E-state index in [2.05, 4.69) is 0 Å². The second kappa shape index (κ2) is 12.5. The Labute approximate surface area is 185 Å². The summed E-state index contributed by atoms with van der Waals surface area (Å²) >= 11 is 0. The topological polar surface area (TPSA) is 99.1 Å². The normalized spacial score (nSPS) is 14.3. The van der Waals surface area contributed by atoms with Crippen LogP contribution in [0.4, 0.5) is 0 Å². The van der Waals surface area contributed by atoms with Crippen LogP contribution in [0.25, 0.3) is 0 Å². The molecule has 0 saturated carbocycles. The van der Waals surface area contributed by atoms with E-state index in [1.165, 1.54) is 0 Å². The van der Waals surface area contributed by atoms with Crippen molar-refractivity contribution in [2.75, 3.05) is 25.6 Å². The van der Waals surface area contributed by atoms with Gasteiger partial charge in [0.05, 0.1) is 25.9 Å². The van der Waals surface area contributed by atoms with E-state index in [0.717, 1.165) is 5.56 Å². The molecule has 0 saturated heterocycles. The van der Waals surface area contributed by atoms with E-state index in [4.69, 9.17) is 13.8 Å². The van der Waals surface area contributed by atoms with E-state index in [0.29, 0.717) is 18.4 Å². The minimum atomic E-state index is -4.25. The van der Waals surface area contributed by atoms with Crippen molar-refractivity contribution < 1.29 is 31.3 Å².